The second kappa shape index (κ2) is 9.21. The van der Waals surface area contributed by atoms with E-state index in [0.717, 1.165) is 38.6 Å². The lowest BCUT2D eigenvalue weighted by molar-refractivity contribution is 0.198. The van der Waals surface area contributed by atoms with E-state index in [1.807, 2.05) is 12.1 Å². The highest BCUT2D eigenvalue weighted by Gasteiger charge is 2.38. The number of nitrogens with one attached hydrogen (secondary N) is 1. The number of benzene rings is 2. The van der Waals surface area contributed by atoms with Crippen LogP contribution in [0.15, 0.2) is 42.5 Å². The first-order chi connectivity index (χ1) is 13.8. The molecule has 29 heavy (non-hydrogen) atoms. The van der Waals surface area contributed by atoms with E-state index in [2.05, 4.69) is 69.1 Å². The fourth-order valence-electron chi connectivity index (χ4n) is 5.16. The van der Waals surface area contributed by atoms with E-state index in [0.29, 0.717) is 17.8 Å². The Hall–Kier alpha value is -2.00. The molecule has 1 aliphatic rings. The molecule has 0 saturated heterocycles. The monoisotopic (exact) mass is 394 g/mol. The summed E-state index contributed by atoms with van der Waals surface area (Å²) in [6, 6.07) is 15.8. The van der Waals surface area contributed by atoms with Gasteiger partial charge in [0, 0.05) is 29.9 Å². The molecule has 0 spiro atoms. The molecule has 0 bridgehead atoms. The van der Waals surface area contributed by atoms with E-state index in [-0.39, 0.29) is 5.54 Å². The second-order valence-corrected chi connectivity index (χ2v) is 9.20. The maximum Gasteiger partial charge on any atom is 0.115 e. The predicted molar refractivity (Wildman–Crippen MR) is 124 cm³/mol. The largest absolute Gasteiger partial charge is 0.508 e. The van der Waals surface area contributed by atoms with Crippen molar-refractivity contribution in [3.63, 3.8) is 0 Å². The van der Waals surface area contributed by atoms with Gasteiger partial charge in [0.25, 0.3) is 0 Å². The molecule has 3 rings (SSSR count). The number of aryl methyl sites for hydroxylation is 2. The van der Waals surface area contributed by atoms with Gasteiger partial charge in [0.1, 0.15) is 5.75 Å². The molecule has 1 saturated carbocycles. The Labute approximate surface area is 177 Å². The van der Waals surface area contributed by atoms with E-state index in [4.69, 9.17) is 0 Å². The van der Waals surface area contributed by atoms with Crippen molar-refractivity contribution >= 4 is 5.69 Å². The summed E-state index contributed by atoms with van der Waals surface area (Å²) in [6.45, 7) is 12.2. The molecule has 1 fully saturated rings. The number of anilines is 1. The third kappa shape index (κ3) is 5.14. The molecule has 0 amide bonds. The molecule has 0 aromatic heterocycles. The molecule has 0 unspecified atom stereocenters. The standard InChI is InChI=1S/C26H38N2O/c1-6-14-28(24-16-20(4)15-21(5)17-24)23-10-12-26(13-11-23,27-19(2)3)22-8-7-9-25(29)18-22/h7-9,15-19,23,27,29H,6,10-14H2,1-5H3. The van der Waals surface area contributed by atoms with Crippen LogP contribution in [0.2, 0.25) is 0 Å². The fourth-order valence-corrected chi connectivity index (χ4v) is 5.16. The molecule has 0 atom stereocenters. The Balaban J connectivity index is 1.84. The summed E-state index contributed by atoms with van der Waals surface area (Å²) in [4.78, 5) is 2.64. The third-order valence-electron chi connectivity index (χ3n) is 6.22. The molecule has 1 aliphatic carbocycles. The van der Waals surface area contributed by atoms with E-state index in [1.165, 1.54) is 22.4 Å². The fraction of sp³-hybridized carbons (Fsp3) is 0.538. The Morgan fingerprint density at radius 3 is 2.28 bits per heavy atom. The van der Waals surface area contributed by atoms with Crippen molar-refractivity contribution in [2.75, 3.05) is 11.4 Å². The van der Waals surface area contributed by atoms with Crippen molar-refractivity contribution in [1.82, 2.24) is 5.32 Å². The van der Waals surface area contributed by atoms with Gasteiger partial charge in [-0.3, -0.25) is 0 Å². The van der Waals surface area contributed by atoms with E-state index in [1.54, 1.807) is 6.07 Å². The zero-order valence-corrected chi connectivity index (χ0v) is 18.8. The van der Waals surface area contributed by atoms with Gasteiger partial charge in [-0.05, 0) is 86.9 Å². The zero-order valence-electron chi connectivity index (χ0n) is 18.8. The van der Waals surface area contributed by atoms with E-state index < -0.39 is 0 Å². The van der Waals surface area contributed by atoms with Crippen LogP contribution in [-0.2, 0) is 5.54 Å². The van der Waals surface area contributed by atoms with Crippen LogP contribution >= 0.6 is 0 Å². The smallest absolute Gasteiger partial charge is 0.115 e. The number of hydrogen-bond acceptors (Lipinski definition) is 3. The third-order valence-corrected chi connectivity index (χ3v) is 6.22. The SMILES string of the molecule is CCCN(c1cc(C)cc(C)c1)C1CCC(NC(C)C)(c2cccc(O)c2)CC1. The molecule has 3 nitrogen and oxygen atoms in total. The minimum absolute atomic E-state index is 0.0518. The van der Waals surface area contributed by atoms with Crippen LogP contribution in [-0.4, -0.2) is 23.7 Å². The molecule has 158 valence electrons. The van der Waals surface area contributed by atoms with Gasteiger partial charge in [-0.15, -0.1) is 0 Å². The molecule has 3 heteroatoms. The number of rotatable bonds is 7. The number of nitrogens with zero attached hydrogens (tertiary/aromatic N) is 1. The molecule has 2 N–H and O–H groups in total. The lowest BCUT2D eigenvalue weighted by Gasteiger charge is -2.46. The first-order valence-electron chi connectivity index (χ1n) is 11.2. The minimum Gasteiger partial charge on any atom is -0.508 e. The average molecular weight is 395 g/mol. The molecule has 0 radical (unpaired) electrons. The average Bonchev–Trinajstić information content (AvgIpc) is 2.65. The summed E-state index contributed by atoms with van der Waals surface area (Å²) in [7, 11) is 0. The summed E-state index contributed by atoms with van der Waals surface area (Å²) < 4.78 is 0. The zero-order chi connectivity index (χ0) is 21.0. The highest BCUT2D eigenvalue weighted by molar-refractivity contribution is 5.52. The van der Waals surface area contributed by atoms with Gasteiger partial charge < -0.3 is 15.3 Å². The second-order valence-electron chi connectivity index (χ2n) is 9.20. The molecule has 2 aromatic rings. The van der Waals surface area contributed by atoms with Crippen LogP contribution < -0.4 is 10.2 Å². The summed E-state index contributed by atoms with van der Waals surface area (Å²) in [5.74, 6) is 0.359. The van der Waals surface area contributed by atoms with Crippen molar-refractivity contribution in [2.45, 2.75) is 84.3 Å². The molecular formula is C26H38N2O. The van der Waals surface area contributed by atoms with Crippen molar-refractivity contribution in [1.29, 1.82) is 0 Å². The van der Waals surface area contributed by atoms with Gasteiger partial charge in [-0.25, -0.2) is 0 Å². The number of hydrogen-bond donors (Lipinski definition) is 2. The van der Waals surface area contributed by atoms with Crippen molar-refractivity contribution in [3.05, 3.63) is 59.2 Å². The van der Waals surface area contributed by atoms with Gasteiger partial charge in [0.05, 0.1) is 0 Å². The number of phenols is 1. The Morgan fingerprint density at radius 2 is 1.72 bits per heavy atom. The topological polar surface area (TPSA) is 35.5 Å². The van der Waals surface area contributed by atoms with Crippen LogP contribution in [0.5, 0.6) is 5.75 Å². The predicted octanol–water partition coefficient (Wildman–Crippen LogP) is 6.06. The van der Waals surface area contributed by atoms with Crippen LogP contribution in [0.1, 0.15) is 69.6 Å². The van der Waals surface area contributed by atoms with Gasteiger partial charge in [-0.2, -0.15) is 0 Å². The van der Waals surface area contributed by atoms with E-state index in [9.17, 15) is 5.11 Å². The van der Waals surface area contributed by atoms with Crippen LogP contribution in [0, 0.1) is 13.8 Å². The van der Waals surface area contributed by atoms with Crippen molar-refractivity contribution in [3.8, 4) is 5.75 Å². The number of phenolic OH excluding ortho intramolecular Hbond substituents is 1. The summed E-state index contributed by atoms with van der Waals surface area (Å²) in [5, 5.41) is 13.9. The van der Waals surface area contributed by atoms with Gasteiger partial charge in [-0.1, -0.05) is 39.0 Å². The molecule has 0 heterocycles. The Bertz CT molecular complexity index is 786. The Kier molecular flexibility index (Phi) is 6.89. The summed E-state index contributed by atoms with van der Waals surface area (Å²) >= 11 is 0. The Morgan fingerprint density at radius 1 is 1.07 bits per heavy atom. The minimum atomic E-state index is -0.0518. The van der Waals surface area contributed by atoms with E-state index >= 15 is 0 Å². The maximum absolute atomic E-state index is 10.1. The van der Waals surface area contributed by atoms with Gasteiger partial charge >= 0.3 is 0 Å². The van der Waals surface area contributed by atoms with Gasteiger partial charge in [0.15, 0.2) is 0 Å². The molecule has 2 aromatic carbocycles. The lowest BCUT2D eigenvalue weighted by Crippen LogP contribution is -2.51. The normalized spacial score (nSPS) is 22.1. The first kappa shape index (κ1) is 21.7. The van der Waals surface area contributed by atoms with Crippen LogP contribution in [0.25, 0.3) is 0 Å². The molecular weight excluding hydrogens is 356 g/mol. The molecule has 0 aliphatic heterocycles. The van der Waals surface area contributed by atoms with Gasteiger partial charge in [0.2, 0.25) is 0 Å². The van der Waals surface area contributed by atoms with Crippen molar-refractivity contribution in [2.24, 2.45) is 0 Å². The quantitative estimate of drug-likeness (QED) is 0.599. The summed E-state index contributed by atoms with van der Waals surface area (Å²) in [5.41, 5.74) is 5.22. The van der Waals surface area contributed by atoms with Crippen LogP contribution in [0.4, 0.5) is 5.69 Å². The summed E-state index contributed by atoms with van der Waals surface area (Å²) in [6.07, 6.45) is 5.64. The van der Waals surface area contributed by atoms with Crippen molar-refractivity contribution < 1.29 is 5.11 Å². The highest BCUT2D eigenvalue weighted by Crippen LogP contribution is 2.41. The van der Waals surface area contributed by atoms with Crippen LogP contribution in [0.3, 0.4) is 0 Å². The first-order valence-corrected chi connectivity index (χ1v) is 11.2. The lowest BCUT2D eigenvalue weighted by atomic mass is 9.74. The number of aromatic hydroxyl groups is 1. The maximum atomic E-state index is 10.1. The highest BCUT2D eigenvalue weighted by atomic mass is 16.3.